The smallest absolute Gasteiger partial charge is 0.319 e. The molecule has 3 saturated heterocycles. The highest BCUT2D eigenvalue weighted by molar-refractivity contribution is 7.23. The molecule has 3 fully saturated rings. The number of hydrogen-bond donors (Lipinski definition) is 1. The van der Waals surface area contributed by atoms with Gasteiger partial charge >= 0.3 is 6.01 Å². The summed E-state index contributed by atoms with van der Waals surface area (Å²) in [7, 11) is 1.52. The Kier molecular flexibility index (Phi) is 9.18. The molecule has 0 spiro atoms. The van der Waals surface area contributed by atoms with Gasteiger partial charge in [0.1, 0.15) is 41.0 Å². The summed E-state index contributed by atoms with van der Waals surface area (Å²) in [5.74, 6) is -1.76. The second kappa shape index (κ2) is 13.6. The molecule has 0 aliphatic carbocycles. The Morgan fingerprint density at radius 2 is 2.04 bits per heavy atom. The van der Waals surface area contributed by atoms with E-state index in [-0.39, 0.29) is 117 Å². The predicted octanol–water partition coefficient (Wildman–Crippen LogP) is 7.09. The highest BCUT2D eigenvalue weighted by Gasteiger charge is 2.49. The summed E-state index contributed by atoms with van der Waals surface area (Å²) in [5.41, 5.74) is 5.10. The number of fused-ring (bicyclic) bond motifs is 4. The number of aromatic nitrogens is 2. The Morgan fingerprint density at radius 1 is 1.23 bits per heavy atom. The van der Waals surface area contributed by atoms with Gasteiger partial charge in [-0.25, -0.2) is 22.0 Å². The summed E-state index contributed by atoms with van der Waals surface area (Å²) in [6.45, 7) is 1.24. The molecule has 0 saturated carbocycles. The summed E-state index contributed by atoms with van der Waals surface area (Å²) in [5, 5.41) is 10.00. The summed E-state index contributed by atoms with van der Waals surface area (Å²) in [4.78, 5) is 28.0. The first-order valence-corrected chi connectivity index (χ1v) is 18.7. The molecule has 0 radical (unpaired) electrons. The van der Waals surface area contributed by atoms with E-state index in [1.54, 1.807) is 4.90 Å². The second-order valence-corrected chi connectivity index (χ2v) is 15.7. The third-order valence-electron chi connectivity index (χ3n) is 11.3. The van der Waals surface area contributed by atoms with Crippen LogP contribution in [0.15, 0.2) is 12.1 Å². The minimum Gasteiger partial charge on any atom is -0.491 e. The van der Waals surface area contributed by atoms with Crippen LogP contribution in [-0.2, 0) is 4.79 Å². The molecular weight excluding hydrogens is 741 g/mol. The number of hydrogen-bond acceptors (Lipinski definition) is 10. The Labute approximate surface area is 310 Å². The number of carbonyl (C=O) groups is 1. The molecule has 1 amide bonds. The van der Waals surface area contributed by atoms with E-state index in [1.807, 2.05) is 6.07 Å². The zero-order valence-electron chi connectivity index (χ0n) is 28.6. The number of carbonyl (C=O) groups excluding carboxylic acids is 1. The summed E-state index contributed by atoms with van der Waals surface area (Å²) in [6.07, 6.45) is -1.96. The lowest BCUT2D eigenvalue weighted by Crippen LogP contribution is -2.50. The van der Waals surface area contributed by atoms with Crippen molar-refractivity contribution in [2.45, 2.75) is 75.2 Å². The lowest BCUT2D eigenvalue weighted by molar-refractivity contribution is -0.133. The average molecular weight is 776 g/mol. The van der Waals surface area contributed by atoms with Crippen LogP contribution in [-0.4, -0.2) is 95.8 Å². The lowest BCUT2D eigenvalue weighted by Gasteiger charge is -2.41. The molecular formula is C36H35ClF5N7O3S. The third kappa shape index (κ3) is 5.95. The molecule has 4 atom stereocenters. The Hall–Kier alpha value is -4.20. The molecule has 2 N–H and O–H groups in total. The van der Waals surface area contributed by atoms with Crippen LogP contribution < -0.4 is 20.1 Å². The zero-order valence-corrected chi connectivity index (χ0v) is 30.2. The first-order valence-electron chi connectivity index (χ1n) is 17.5. The van der Waals surface area contributed by atoms with Crippen LogP contribution in [0.25, 0.3) is 32.1 Å². The standard InChI is InChI=1S/C36H35ClF5N7O3S/c1-47-18(11-23(40)41)5-9-49-19(12-24(47)50)6-10-51-31-27-30(45-35(46-34(27)49)52-16-36-7-2-8-48(36)15-17(38)13-36)29(42)26(28(31)37)20-3-4-22(39)32-25(20)21(14-43)33(44)53-32/h3-4,17-19,23H,2,5-13,15-16,44H2,1H3/t17-,18?,19?,36+/m1/s1. The molecule has 2 aromatic carbocycles. The maximum atomic E-state index is 17.4. The highest BCUT2D eigenvalue weighted by atomic mass is 35.5. The normalized spacial score (nSPS) is 24.8. The lowest BCUT2D eigenvalue weighted by atomic mass is 9.95. The van der Waals surface area contributed by atoms with Crippen LogP contribution in [0.3, 0.4) is 0 Å². The number of amides is 1. The van der Waals surface area contributed by atoms with Gasteiger partial charge in [0.25, 0.3) is 0 Å². The van der Waals surface area contributed by atoms with Crippen LogP contribution >= 0.6 is 22.9 Å². The summed E-state index contributed by atoms with van der Waals surface area (Å²) < 4.78 is 87.1. The fraction of sp³-hybridized carbons (Fsp3) is 0.500. The monoisotopic (exact) mass is 775 g/mol. The van der Waals surface area contributed by atoms with Gasteiger partial charge in [-0.3, -0.25) is 9.69 Å². The van der Waals surface area contributed by atoms with Crippen molar-refractivity contribution in [1.29, 1.82) is 5.26 Å². The van der Waals surface area contributed by atoms with Crippen molar-refractivity contribution in [3.05, 3.63) is 34.4 Å². The van der Waals surface area contributed by atoms with Crippen LogP contribution in [0.2, 0.25) is 5.02 Å². The fourth-order valence-corrected chi connectivity index (χ4v) is 9.96. The molecule has 53 heavy (non-hydrogen) atoms. The van der Waals surface area contributed by atoms with Crippen LogP contribution in [0.1, 0.15) is 50.5 Å². The van der Waals surface area contributed by atoms with E-state index in [4.69, 9.17) is 31.8 Å². The molecule has 8 rings (SSSR count). The van der Waals surface area contributed by atoms with Gasteiger partial charge in [-0.15, -0.1) is 11.3 Å². The van der Waals surface area contributed by atoms with E-state index in [0.717, 1.165) is 23.8 Å². The molecule has 280 valence electrons. The summed E-state index contributed by atoms with van der Waals surface area (Å²) in [6, 6.07) is 2.95. The quantitative estimate of drug-likeness (QED) is 0.205. The van der Waals surface area contributed by atoms with Gasteiger partial charge in [-0.2, -0.15) is 15.2 Å². The molecule has 4 aliphatic heterocycles. The number of ether oxygens (including phenoxy) is 2. The van der Waals surface area contributed by atoms with Crippen LogP contribution in [0.5, 0.6) is 11.8 Å². The number of alkyl halides is 3. The SMILES string of the molecule is CN1C(=O)CC2CCOc3c(Cl)c(-c4ccc(F)c5sc(N)c(C#N)c45)c(F)c4nc(OC[C@@]56CCCN5C[C@H](F)C6)nc(c34)N2CCC1CC(F)F. The predicted molar refractivity (Wildman–Crippen MR) is 191 cm³/mol. The highest BCUT2D eigenvalue weighted by Crippen LogP contribution is 2.51. The van der Waals surface area contributed by atoms with E-state index in [2.05, 4.69) is 9.88 Å². The molecule has 2 aromatic heterocycles. The minimum absolute atomic E-state index is 0.0171. The molecule has 6 heterocycles. The molecule has 2 unspecified atom stereocenters. The van der Waals surface area contributed by atoms with Crippen molar-refractivity contribution in [3.8, 4) is 29.0 Å². The van der Waals surface area contributed by atoms with Gasteiger partial charge in [0.15, 0.2) is 11.6 Å². The maximum Gasteiger partial charge on any atom is 0.319 e. The van der Waals surface area contributed by atoms with Gasteiger partial charge in [0.2, 0.25) is 12.3 Å². The van der Waals surface area contributed by atoms with Gasteiger partial charge in [0.05, 0.1) is 32.8 Å². The van der Waals surface area contributed by atoms with Crippen LogP contribution in [0, 0.1) is 23.0 Å². The number of nitrogen functional groups attached to an aromatic ring is 1. The van der Waals surface area contributed by atoms with E-state index in [0.29, 0.717) is 19.4 Å². The topological polar surface area (TPSA) is 121 Å². The van der Waals surface area contributed by atoms with E-state index >= 15 is 8.78 Å². The molecule has 4 aromatic rings. The zero-order chi connectivity index (χ0) is 37.3. The molecule has 17 heteroatoms. The number of nitrogens with zero attached hydrogens (tertiary/aromatic N) is 6. The molecule has 4 aliphatic rings. The fourth-order valence-electron chi connectivity index (χ4n) is 8.67. The van der Waals surface area contributed by atoms with Crippen molar-refractivity contribution >= 4 is 60.7 Å². The van der Waals surface area contributed by atoms with Gasteiger partial charge in [-0.1, -0.05) is 17.7 Å². The number of nitriles is 1. The Bertz CT molecular complexity index is 2190. The second-order valence-electron chi connectivity index (χ2n) is 14.3. The first kappa shape index (κ1) is 35.8. The average Bonchev–Trinajstić information content (AvgIpc) is 3.76. The van der Waals surface area contributed by atoms with E-state index in [1.165, 1.54) is 18.0 Å². The van der Waals surface area contributed by atoms with E-state index in [9.17, 15) is 23.2 Å². The maximum absolute atomic E-state index is 17.4. The molecule has 10 nitrogen and oxygen atoms in total. The van der Waals surface area contributed by atoms with Gasteiger partial charge in [0, 0.05) is 68.9 Å². The molecule has 0 bridgehead atoms. The largest absolute Gasteiger partial charge is 0.491 e. The van der Waals surface area contributed by atoms with Crippen molar-refractivity contribution < 1.29 is 36.2 Å². The minimum atomic E-state index is -2.64. The van der Waals surface area contributed by atoms with Crippen LogP contribution in [0.4, 0.5) is 32.8 Å². The van der Waals surface area contributed by atoms with Gasteiger partial charge < -0.3 is 25.0 Å². The number of halogens is 6. The number of nitrogens with two attached hydrogens (primary N) is 1. The number of rotatable bonds is 6. The summed E-state index contributed by atoms with van der Waals surface area (Å²) >= 11 is 7.91. The van der Waals surface area contributed by atoms with E-state index < -0.39 is 48.3 Å². The Balaban J connectivity index is 1.34. The van der Waals surface area contributed by atoms with Gasteiger partial charge in [-0.05, 0) is 37.4 Å². The van der Waals surface area contributed by atoms with Crippen molar-refractivity contribution in [1.82, 2.24) is 19.8 Å². The number of anilines is 2. The first-order chi connectivity index (χ1) is 25.4. The van der Waals surface area contributed by atoms with Crippen molar-refractivity contribution in [2.75, 3.05) is 50.5 Å². The Morgan fingerprint density at radius 3 is 2.81 bits per heavy atom. The van der Waals surface area contributed by atoms with Crippen molar-refractivity contribution in [2.24, 2.45) is 0 Å². The number of thiophene rings is 1. The third-order valence-corrected chi connectivity index (χ3v) is 12.7. The number of benzene rings is 2. The van der Waals surface area contributed by atoms with Crippen molar-refractivity contribution in [3.63, 3.8) is 0 Å².